The normalized spacial score (nSPS) is 12.6. The maximum absolute atomic E-state index is 9.18. The molecule has 1 aromatic heterocycles. The van der Waals surface area contributed by atoms with Crippen molar-refractivity contribution in [2.24, 2.45) is 0 Å². The first-order valence-corrected chi connectivity index (χ1v) is 8.66. The minimum absolute atomic E-state index is 0.0597. The minimum Gasteiger partial charge on any atom is -0.497 e. The van der Waals surface area contributed by atoms with Crippen molar-refractivity contribution in [2.75, 3.05) is 13.7 Å². The summed E-state index contributed by atoms with van der Waals surface area (Å²) in [5, 5.41) is 15.1. The van der Waals surface area contributed by atoms with Crippen LogP contribution in [0.1, 0.15) is 25.1 Å². The van der Waals surface area contributed by atoms with Crippen LogP contribution in [0.2, 0.25) is 0 Å². The maximum atomic E-state index is 9.18. The van der Waals surface area contributed by atoms with Crippen LogP contribution in [0.15, 0.2) is 66.3 Å². The number of aliphatic hydroxyl groups is 1. The average molecular weight is 348 g/mol. The molecule has 0 aliphatic heterocycles. The molecule has 4 heteroatoms. The third kappa shape index (κ3) is 3.86. The predicted molar refractivity (Wildman–Crippen MR) is 106 cm³/mol. The Labute approximate surface area is 154 Å². The lowest BCUT2D eigenvalue weighted by Gasteiger charge is -2.05. The molecule has 0 spiro atoms. The molecular weight excluding hydrogens is 324 g/mol. The molecule has 4 nitrogen and oxygen atoms in total. The van der Waals surface area contributed by atoms with Crippen molar-refractivity contribution in [3.05, 3.63) is 77.5 Å². The number of methoxy groups -OCH3 is 1. The Hall–Kier alpha value is -2.85. The fourth-order valence-corrected chi connectivity index (χ4v) is 2.85. The summed E-state index contributed by atoms with van der Waals surface area (Å²) in [6, 6.07) is 16.3. The highest BCUT2D eigenvalue weighted by Crippen LogP contribution is 2.28. The van der Waals surface area contributed by atoms with E-state index in [1.165, 1.54) is 5.56 Å². The lowest BCUT2D eigenvalue weighted by molar-refractivity contribution is 0.331. The third-order valence-corrected chi connectivity index (χ3v) is 4.37. The number of allylic oxidation sites excluding steroid dienone is 3. The van der Waals surface area contributed by atoms with E-state index in [4.69, 9.17) is 9.84 Å². The highest BCUT2D eigenvalue weighted by Gasteiger charge is 2.13. The van der Waals surface area contributed by atoms with Crippen molar-refractivity contribution in [3.63, 3.8) is 0 Å². The average Bonchev–Trinajstić information content (AvgIpc) is 3.04. The van der Waals surface area contributed by atoms with Gasteiger partial charge in [-0.3, -0.25) is 4.68 Å². The molecule has 2 aromatic carbocycles. The van der Waals surface area contributed by atoms with E-state index in [1.807, 2.05) is 61.0 Å². The van der Waals surface area contributed by atoms with Gasteiger partial charge in [0.2, 0.25) is 0 Å². The van der Waals surface area contributed by atoms with E-state index in [2.05, 4.69) is 18.2 Å². The van der Waals surface area contributed by atoms with E-state index in [9.17, 15) is 5.11 Å². The molecule has 0 bridgehead atoms. The van der Waals surface area contributed by atoms with Crippen molar-refractivity contribution in [1.29, 1.82) is 0 Å². The molecule has 0 aliphatic rings. The molecule has 0 radical (unpaired) electrons. The van der Waals surface area contributed by atoms with Crippen LogP contribution in [-0.2, 0) is 6.54 Å². The molecule has 134 valence electrons. The van der Waals surface area contributed by atoms with Crippen molar-refractivity contribution >= 4 is 16.5 Å². The fraction of sp³-hybridized carbons (Fsp3) is 0.227. The summed E-state index contributed by atoms with van der Waals surface area (Å²) in [5.41, 5.74) is 5.15. The topological polar surface area (TPSA) is 47.3 Å². The molecular formula is C22H24N2O2. The Bertz CT molecular complexity index is 953. The molecule has 3 rings (SSSR count). The van der Waals surface area contributed by atoms with Gasteiger partial charge in [-0.25, -0.2) is 0 Å². The van der Waals surface area contributed by atoms with Gasteiger partial charge in [0.25, 0.3) is 0 Å². The van der Waals surface area contributed by atoms with Gasteiger partial charge < -0.3 is 9.84 Å². The van der Waals surface area contributed by atoms with Crippen molar-refractivity contribution < 1.29 is 9.84 Å². The predicted octanol–water partition coefficient (Wildman–Crippen LogP) is 4.44. The number of benzene rings is 2. The van der Waals surface area contributed by atoms with Gasteiger partial charge in [0.1, 0.15) is 5.75 Å². The number of ether oxygens (including phenoxy) is 1. The number of hydrogen-bond donors (Lipinski definition) is 1. The summed E-state index contributed by atoms with van der Waals surface area (Å²) in [5.74, 6) is 0.816. The van der Waals surface area contributed by atoms with Crippen molar-refractivity contribution in [3.8, 4) is 5.75 Å². The number of hydrogen-bond acceptors (Lipinski definition) is 3. The van der Waals surface area contributed by atoms with E-state index in [0.717, 1.165) is 33.5 Å². The molecule has 3 aromatic rings. The zero-order valence-corrected chi connectivity index (χ0v) is 15.4. The second-order valence-corrected chi connectivity index (χ2v) is 6.40. The van der Waals surface area contributed by atoms with Gasteiger partial charge in [0, 0.05) is 11.5 Å². The SMILES string of the molecule is COc1ccc2c(/C(C)=C/C=C(\C)CO)nn(Cc3ccccc3)c2c1. The number of aliphatic hydroxyl groups excluding tert-OH is 1. The molecule has 26 heavy (non-hydrogen) atoms. The Balaban J connectivity index is 2.09. The second-order valence-electron chi connectivity index (χ2n) is 6.40. The molecule has 0 fully saturated rings. The Morgan fingerprint density at radius 3 is 2.58 bits per heavy atom. The van der Waals surface area contributed by atoms with Crippen LogP contribution in [0, 0.1) is 0 Å². The van der Waals surface area contributed by atoms with Crippen molar-refractivity contribution in [1.82, 2.24) is 9.78 Å². The quantitative estimate of drug-likeness (QED) is 0.670. The van der Waals surface area contributed by atoms with Gasteiger partial charge in [-0.05, 0) is 42.7 Å². The summed E-state index contributed by atoms with van der Waals surface area (Å²) in [6.45, 7) is 4.70. The van der Waals surface area contributed by atoms with Crippen molar-refractivity contribution in [2.45, 2.75) is 20.4 Å². The molecule has 0 saturated carbocycles. The van der Waals surface area contributed by atoms with Gasteiger partial charge in [0.15, 0.2) is 0 Å². The summed E-state index contributed by atoms with van der Waals surface area (Å²) in [6.07, 6.45) is 3.94. The van der Waals surface area contributed by atoms with Gasteiger partial charge in [0.05, 0.1) is 31.5 Å². The maximum Gasteiger partial charge on any atom is 0.121 e. The fourth-order valence-electron chi connectivity index (χ4n) is 2.85. The first-order valence-electron chi connectivity index (χ1n) is 8.66. The first kappa shape index (κ1) is 18.0. The Morgan fingerprint density at radius 1 is 1.12 bits per heavy atom. The zero-order chi connectivity index (χ0) is 18.5. The first-order chi connectivity index (χ1) is 12.6. The van der Waals surface area contributed by atoms with Gasteiger partial charge in [-0.2, -0.15) is 5.10 Å². The van der Waals surface area contributed by atoms with Crippen LogP contribution < -0.4 is 4.74 Å². The van der Waals surface area contributed by atoms with Crippen LogP contribution in [0.4, 0.5) is 0 Å². The number of aromatic nitrogens is 2. The number of nitrogens with zero attached hydrogens (tertiary/aromatic N) is 2. The van der Waals surface area contributed by atoms with E-state index < -0.39 is 0 Å². The lowest BCUT2D eigenvalue weighted by Crippen LogP contribution is -2.02. The highest BCUT2D eigenvalue weighted by atomic mass is 16.5. The minimum atomic E-state index is 0.0597. The molecule has 0 atom stereocenters. The zero-order valence-electron chi connectivity index (χ0n) is 15.4. The van der Waals surface area contributed by atoms with Crippen LogP contribution >= 0.6 is 0 Å². The van der Waals surface area contributed by atoms with Crippen LogP contribution in [-0.4, -0.2) is 28.6 Å². The van der Waals surface area contributed by atoms with Crippen LogP contribution in [0.3, 0.4) is 0 Å². The standard InChI is InChI=1S/C22H24N2O2/c1-16(15-25)9-10-17(2)22-20-12-11-19(26-3)13-21(20)24(23-22)14-18-7-5-4-6-8-18/h4-13,25H,14-15H2,1-3H3/b16-9+,17-10+. The largest absolute Gasteiger partial charge is 0.497 e. The lowest BCUT2D eigenvalue weighted by atomic mass is 10.1. The molecule has 0 aliphatic carbocycles. The molecule has 0 saturated heterocycles. The number of rotatable bonds is 6. The summed E-state index contributed by atoms with van der Waals surface area (Å²) < 4.78 is 7.41. The number of fused-ring (bicyclic) bond motifs is 1. The molecule has 0 amide bonds. The summed E-state index contributed by atoms with van der Waals surface area (Å²) in [4.78, 5) is 0. The van der Waals surface area contributed by atoms with E-state index >= 15 is 0 Å². The Kier molecular flexibility index (Phi) is 5.54. The van der Waals surface area contributed by atoms with E-state index in [1.54, 1.807) is 7.11 Å². The van der Waals surface area contributed by atoms with Crippen LogP contribution in [0.5, 0.6) is 5.75 Å². The van der Waals surface area contributed by atoms with Crippen LogP contribution in [0.25, 0.3) is 16.5 Å². The smallest absolute Gasteiger partial charge is 0.121 e. The van der Waals surface area contributed by atoms with E-state index in [0.29, 0.717) is 6.54 Å². The second kappa shape index (κ2) is 8.02. The molecule has 1 heterocycles. The van der Waals surface area contributed by atoms with Gasteiger partial charge >= 0.3 is 0 Å². The van der Waals surface area contributed by atoms with E-state index in [-0.39, 0.29) is 6.61 Å². The monoisotopic (exact) mass is 348 g/mol. The molecule has 0 unspecified atom stereocenters. The van der Waals surface area contributed by atoms with Gasteiger partial charge in [-0.1, -0.05) is 42.5 Å². The molecule has 1 N–H and O–H groups in total. The summed E-state index contributed by atoms with van der Waals surface area (Å²) >= 11 is 0. The Morgan fingerprint density at radius 2 is 1.88 bits per heavy atom. The third-order valence-electron chi connectivity index (χ3n) is 4.37. The van der Waals surface area contributed by atoms with Gasteiger partial charge in [-0.15, -0.1) is 0 Å². The highest BCUT2D eigenvalue weighted by molar-refractivity contribution is 5.91. The summed E-state index contributed by atoms with van der Waals surface area (Å²) in [7, 11) is 1.67.